The molecule has 26 heavy (non-hydrogen) atoms. The lowest BCUT2D eigenvalue weighted by Crippen LogP contribution is -2.03. The van der Waals surface area contributed by atoms with E-state index in [1.165, 1.54) is 12.1 Å². The summed E-state index contributed by atoms with van der Waals surface area (Å²) in [4.78, 5) is 8.81. The van der Waals surface area contributed by atoms with Gasteiger partial charge in [-0.2, -0.15) is 4.98 Å². The van der Waals surface area contributed by atoms with Crippen LogP contribution in [0.4, 0.5) is 27.5 Å². The second-order valence-corrected chi connectivity index (χ2v) is 6.21. The molecule has 0 aliphatic carbocycles. The van der Waals surface area contributed by atoms with E-state index in [4.69, 9.17) is 16.3 Å². The maximum Gasteiger partial charge on any atom is 0.229 e. The molecule has 3 rings (SSSR count). The van der Waals surface area contributed by atoms with E-state index in [9.17, 15) is 4.39 Å². The van der Waals surface area contributed by atoms with E-state index in [2.05, 4.69) is 20.6 Å². The highest BCUT2D eigenvalue weighted by Gasteiger charge is 2.08. The van der Waals surface area contributed by atoms with Gasteiger partial charge in [-0.05, 0) is 49.7 Å². The number of nitrogens with one attached hydrogen (secondary N) is 2. The second kappa shape index (κ2) is 7.58. The van der Waals surface area contributed by atoms with Crippen molar-refractivity contribution in [1.29, 1.82) is 0 Å². The third-order valence-electron chi connectivity index (χ3n) is 3.65. The van der Waals surface area contributed by atoms with Crippen LogP contribution in [0.15, 0.2) is 42.5 Å². The normalized spacial score (nSPS) is 10.5. The number of methoxy groups -OCH3 is 1. The minimum absolute atomic E-state index is 0.0329. The fraction of sp³-hybridized carbons (Fsp3) is 0.158. The van der Waals surface area contributed by atoms with E-state index in [0.717, 1.165) is 16.9 Å². The Kier molecular flexibility index (Phi) is 5.23. The first-order valence-corrected chi connectivity index (χ1v) is 8.32. The number of hydrogen-bond donors (Lipinski definition) is 2. The monoisotopic (exact) mass is 372 g/mol. The fourth-order valence-corrected chi connectivity index (χ4v) is 2.63. The van der Waals surface area contributed by atoms with Crippen LogP contribution in [0.1, 0.15) is 11.3 Å². The van der Waals surface area contributed by atoms with Gasteiger partial charge in [0.15, 0.2) is 0 Å². The molecule has 0 aliphatic heterocycles. The van der Waals surface area contributed by atoms with Gasteiger partial charge in [0.25, 0.3) is 0 Å². The molecule has 0 spiro atoms. The molecule has 1 aromatic heterocycles. The Morgan fingerprint density at radius 1 is 1.00 bits per heavy atom. The van der Waals surface area contributed by atoms with Crippen LogP contribution in [-0.2, 0) is 0 Å². The van der Waals surface area contributed by atoms with Crippen LogP contribution in [0.3, 0.4) is 0 Å². The third-order valence-corrected chi connectivity index (χ3v) is 3.94. The second-order valence-electron chi connectivity index (χ2n) is 5.80. The number of halogens is 2. The SMILES string of the molecule is COc1ccc(C)cc1Nc1cc(C)nc(Nc2ccc(F)c(Cl)c2)n1. The predicted octanol–water partition coefficient (Wildman–Crippen LogP) is 5.38. The topological polar surface area (TPSA) is 59.1 Å². The average molecular weight is 373 g/mol. The first kappa shape index (κ1) is 17.9. The van der Waals surface area contributed by atoms with Crippen LogP contribution >= 0.6 is 11.6 Å². The Morgan fingerprint density at radius 3 is 2.54 bits per heavy atom. The number of hydrogen-bond acceptors (Lipinski definition) is 5. The van der Waals surface area contributed by atoms with Gasteiger partial charge in [0, 0.05) is 17.4 Å². The molecule has 0 radical (unpaired) electrons. The van der Waals surface area contributed by atoms with Gasteiger partial charge in [0.2, 0.25) is 5.95 Å². The summed E-state index contributed by atoms with van der Waals surface area (Å²) in [5.74, 6) is 1.22. The van der Waals surface area contributed by atoms with Gasteiger partial charge in [-0.25, -0.2) is 9.37 Å². The van der Waals surface area contributed by atoms with Crippen molar-refractivity contribution in [3.63, 3.8) is 0 Å². The van der Waals surface area contributed by atoms with Crippen LogP contribution in [0.25, 0.3) is 0 Å². The first-order valence-electron chi connectivity index (χ1n) is 7.94. The zero-order chi connectivity index (χ0) is 18.7. The van der Waals surface area contributed by atoms with Crippen molar-refractivity contribution in [1.82, 2.24) is 9.97 Å². The van der Waals surface area contributed by atoms with Crippen molar-refractivity contribution in [3.05, 3.63) is 64.6 Å². The Balaban J connectivity index is 1.88. The standard InChI is InChI=1S/C19H18ClFN4O/c1-11-4-7-17(26-3)16(8-11)24-18-9-12(2)22-19(25-18)23-13-5-6-15(21)14(20)10-13/h4-10H,1-3H3,(H2,22,23,24,25). The van der Waals surface area contributed by atoms with E-state index in [1.807, 2.05) is 38.1 Å². The highest BCUT2D eigenvalue weighted by molar-refractivity contribution is 6.31. The van der Waals surface area contributed by atoms with E-state index in [-0.39, 0.29) is 5.02 Å². The van der Waals surface area contributed by atoms with Crippen molar-refractivity contribution in [2.24, 2.45) is 0 Å². The molecule has 0 aliphatic rings. The summed E-state index contributed by atoms with van der Waals surface area (Å²) in [6.07, 6.45) is 0. The molecule has 134 valence electrons. The molecule has 1 heterocycles. The summed E-state index contributed by atoms with van der Waals surface area (Å²) < 4.78 is 18.7. The molecule has 5 nitrogen and oxygen atoms in total. The predicted molar refractivity (Wildman–Crippen MR) is 102 cm³/mol. The number of ether oxygens (including phenoxy) is 1. The van der Waals surface area contributed by atoms with Crippen LogP contribution in [-0.4, -0.2) is 17.1 Å². The van der Waals surface area contributed by atoms with Crippen LogP contribution in [0.5, 0.6) is 5.75 Å². The van der Waals surface area contributed by atoms with Crippen LogP contribution in [0.2, 0.25) is 5.02 Å². The number of anilines is 4. The van der Waals surface area contributed by atoms with E-state index in [0.29, 0.717) is 23.2 Å². The molecular weight excluding hydrogens is 355 g/mol. The minimum Gasteiger partial charge on any atom is -0.495 e. The molecule has 3 aromatic rings. The summed E-state index contributed by atoms with van der Waals surface area (Å²) in [6, 6.07) is 12.0. The number of aromatic nitrogens is 2. The van der Waals surface area contributed by atoms with Gasteiger partial charge in [0.1, 0.15) is 17.4 Å². The lowest BCUT2D eigenvalue weighted by molar-refractivity contribution is 0.416. The number of rotatable bonds is 5. The number of aryl methyl sites for hydroxylation is 2. The van der Waals surface area contributed by atoms with E-state index < -0.39 is 5.82 Å². The van der Waals surface area contributed by atoms with E-state index in [1.54, 1.807) is 13.2 Å². The molecule has 0 saturated carbocycles. The molecule has 0 atom stereocenters. The van der Waals surface area contributed by atoms with Gasteiger partial charge in [0.05, 0.1) is 17.8 Å². The number of benzene rings is 2. The van der Waals surface area contributed by atoms with E-state index >= 15 is 0 Å². The van der Waals surface area contributed by atoms with Gasteiger partial charge in [-0.3, -0.25) is 0 Å². The maximum atomic E-state index is 13.3. The molecule has 0 bridgehead atoms. The summed E-state index contributed by atoms with van der Waals surface area (Å²) >= 11 is 5.82. The first-order chi connectivity index (χ1) is 12.4. The van der Waals surface area contributed by atoms with Crippen molar-refractivity contribution in [2.45, 2.75) is 13.8 Å². The summed E-state index contributed by atoms with van der Waals surface area (Å²) in [5, 5.41) is 6.32. The minimum atomic E-state index is -0.476. The smallest absolute Gasteiger partial charge is 0.229 e. The lowest BCUT2D eigenvalue weighted by Gasteiger charge is -2.13. The van der Waals surface area contributed by atoms with Crippen LogP contribution in [0, 0.1) is 19.7 Å². The Bertz CT molecular complexity index is 949. The quantitative estimate of drug-likeness (QED) is 0.629. The number of nitrogens with zero attached hydrogens (tertiary/aromatic N) is 2. The highest BCUT2D eigenvalue weighted by atomic mass is 35.5. The third kappa shape index (κ3) is 4.21. The van der Waals surface area contributed by atoms with Crippen LogP contribution < -0.4 is 15.4 Å². The molecule has 7 heteroatoms. The Hall–Kier alpha value is -2.86. The molecule has 0 fully saturated rings. The van der Waals surface area contributed by atoms with Crippen molar-refractivity contribution < 1.29 is 9.13 Å². The fourth-order valence-electron chi connectivity index (χ4n) is 2.45. The highest BCUT2D eigenvalue weighted by Crippen LogP contribution is 2.29. The zero-order valence-corrected chi connectivity index (χ0v) is 15.4. The average Bonchev–Trinajstić information content (AvgIpc) is 2.58. The summed E-state index contributed by atoms with van der Waals surface area (Å²) in [7, 11) is 1.62. The van der Waals surface area contributed by atoms with Crippen molar-refractivity contribution in [2.75, 3.05) is 17.7 Å². The Morgan fingerprint density at radius 2 is 1.81 bits per heavy atom. The summed E-state index contributed by atoms with van der Waals surface area (Å²) in [5.41, 5.74) is 3.27. The molecule has 0 unspecified atom stereocenters. The molecule has 2 N–H and O–H groups in total. The van der Waals surface area contributed by atoms with Gasteiger partial charge in [-0.15, -0.1) is 0 Å². The molecular formula is C19H18ClFN4O. The van der Waals surface area contributed by atoms with Crippen molar-refractivity contribution >= 4 is 34.7 Å². The molecule has 0 amide bonds. The van der Waals surface area contributed by atoms with Gasteiger partial charge >= 0.3 is 0 Å². The van der Waals surface area contributed by atoms with Crippen molar-refractivity contribution in [3.8, 4) is 5.75 Å². The molecule has 0 saturated heterocycles. The largest absolute Gasteiger partial charge is 0.495 e. The zero-order valence-electron chi connectivity index (χ0n) is 14.6. The summed E-state index contributed by atoms with van der Waals surface area (Å²) in [6.45, 7) is 3.87. The maximum absolute atomic E-state index is 13.3. The lowest BCUT2D eigenvalue weighted by atomic mass is 10.2. The molecule has 2 aromatic carbocycles. The Labute approximate surface area is 156 Å². The van der Waals surface area contributed by atoms with Gasteiger partial charge in [-0.1, -0.05) is 17.7 Å². The van der Waals surface area contributed by atoms with Gasteiger partial charge < -0.3 is 15.4 Å².